The summed E-state index contributed by atoms with van der Waals surface area (Å²) in [4.78, 5) is 24.9. The zero-order valence-corrected chi connectivity index (χ0v) is 17.9. The van der Waals surface area contributed by atoms with Crippen LogP contribution in [0.5, 0.6) is 0 Å². The highest BCUT2D eigenvalue weighted by Gasteiger charge is 2.40. The smallest absolute Gasteiger partial charge is 0.408 e. The van der Waals surface area contributed by atoms with Crippen LogP contribution in [0.15, 0.2) is 48.5 Å². The Bertz CT molecular complexity index is 927. The molecule has 0 radical (unpaired) electrons. The maximum absolute atomic E-state index is 14.0. The van der Waals surface area contributed by atoms with E-state index in [9.17, 15) is 18.4 Å². The van der Waals surface area contributed by atoms with Gasteiger partial charge in [0.15, 0.2) is 0 Å². The lowest BCUT2D eigenvalue weighted by atomic mass is 9.92. The van der Waals surface area contributed by atoms with Crippen LogP contribution in [0.25, 0.3) is 0 Å². The van der Waals surface area contributed by atoms with E-state index in [1.165, 1.54) is 12.1 Å². The molecule has 166 valence electrons. The zero-order chi connectivity index (χ0) is 22.6. The fourth-order valence-corrected chi connectivity index (χ4v) is 3.64. The molecule has 0 aliphatic carbocycles. The normalized spacial score (nSPS) is 19.6. The fraction of sp³-hybridized carbons (Fsp3) is 0.417. The van der Waals surface area contributed by atoms with Gasteiger partial charge in [0.1, 0.15) is 23.3 Å². The number of nitrogens with one attached hydrogen (secondary N) is 1. The molecular formula is C24H27F2NO4. The first kappa shape index (κ1) is 22.7. The topological polar surface area (TPSA) is 64.6 Å². The number of esters is 1. The molecule has 1 amide bonds. The number of ether oxygens (including phenoxy) is 2. The van der Waals surface area contributed by atoms with Gasteiger partial charge in [-0.1, -0.05) is 36.4 Å². The van der Waals surface area contributed by atoms with E-state index >= 15 is 0 Å². The average molecular weight is 431 g/mol. The van der Waals surface area contributed by atoms with Gasteiger partial charge in [-0.05, 0) is 50.8 Å². The second-order valence-corrected chi connectivity index (χ2v) is 8.79. The van der Waals surface area contributed by atoms with Crippen molar-refractivity contribution in [3.63, 3.8) is 0 Å². The van der Waals surface area contributed by atoms with Gasteiger partial charge in [0, 0.05) is 12.5 Å². The molecule has 0 bridgehead atoms. The first-order chi connectivity index (χ1) is 14.6. The number of halogens is 2. The minimum absolute atomic E-state index is 0.103. The van der Waals surface area contributed by atoms with Gasteiger partial charge in [-0.3, -0.25) is 4.79 Å². The van der Waals surface area contributed by atoms with Crippen LogP contribution in [-0.4, -0.2) is 29.8 Å². The Morgan fingerprint density at radius 3 is 2.55 bits per heavy atom. The Kier molecular flexibility index (Phi) is 6.93. The van der Waals surface area contributed by atoms with E-state index in [4.69, 9.17) is 9.47 Å². The van der Waals surface area contributed by atoms with Gasteiger partial charge in [0.2, 0.25) is 0 Å². The molecule has 1 fully saturated rings. The van der Waals surface area contributed by atoms with Gasteiger partial charge in [-0.25, -0.2) is 13.6 Å². The molecule has 0 saturated carbocycles. The molecular weight excluding hydrogens is 404 g/mol. The highest BCUT2D eigenvalue weighted by Crippen LogP contribution is 2.29. The molecule has 1 aliphatic heterocycles. The van der Waals surface area contributed by atoms with E-state index < -0.39 is 47.4 Å². The van der Waals surface area contributed by atoms with E-state index in [0.29, 0.717) is 12.8 Å². The molecule has 1 saturated heterocycles. The predicted octanol–water partition coefficient (Wildman–Crippen LogP) is 4.58. The number of carbonyl (C=O) groups is 2. The van der Waals surface area contributed by atoms with Gasteiger partial charge < -0.3 is 14.8 Å². The van der Waals surface area contributed by atoms with Crippen molar-refractivity contribution in [2.75, 3.05) is 0 Å². The maximum Gasteiger partial charge on any atom is 0.408 e. The van der Waals surface area contributed by atoms with Crippen LogP contribution in [0.3, 0.4) is 0 Å². The molecule has 0 aromatic heterocycles. The standard InChI is InChI=1S/C24H27F2NO4/c1-24(2,3)31-23(29)27-20(11-15-7-5-4-6-8-15)21-13-17(22(28)30-21)12-16-9-10-18(25)14-19(16)26/h4-10,14,17,20-21H,11-13H2,1-3H3,(H,27,29)/t17-,20+,21+/m1/s1. The van der Waals surface area contributed by atoms with Crippen molar-refractivity contribution < 1.29 is 27.8 Å². The van der Waals surface area contributed by atoms with Gasteiger partial charge in [0.25, 0.3) is 0 Å². The summed E-state index contributed by atoms with van der Waals surface area (Å²) in [5.74, 6) is -2.40. The number of amides is 1. The van der Waals surface area contributed by atoms with Crippen molar-refractivity contribution in [3.8, 4) is 0 Å². The summed E-state index contributed by atoms with van der Waals surface area (Å²) in [6.45, 7) is 5.30. The van der Waals surface area contributed by atoms with Crippen LogP contribution in [0.1, 0.15) is 38.3 Å². The number of benzene rings is 2. The molecule has 0 unspecified atom stereocenters. The monoisotopic (exact) mass is 431 g/mol. The molecule has 1 N–H and O–H groups in total. The molecule has 2 aromatic carbocycles. The molecule has 1 heterocycles. The Labute approximate surface area is 180 Å². The maximum atomic E-state index is 14.0. The van der Waals surface area contributed by atoms with E-state index in [1.807, 2.05) is 30.3 Å². The third-order valence-electron chi connectivity index (χ3n) is 5.05. The van der Waals surface area contributed by atoms with Gasteiger partial charge in [-0.15, -0.1) is 0 Å². The molecule has 5 nitrogen and oxygen atoms in total. The number of alkyl carbamates (subject to hydrolysis) is 1. The molecule has 3 atom stereocenters. The largest absolute Gasteiger partial charge is 0.460 e. The van der Waals surface area contributed by atoms with Crippen molar-refractivity contribution >= 4 is 12.1 Å². The Balaban J connectivity index is 1.73. The molecule has 2 aromatic rings. The fourth-order valence-electron chi connectivity index (χ4n) is 3.64. The Hall–Kier alpha value is -2.96. The molecule has 1 aliphatic rings. The van der Waals surface area contributed by atoms with Crippen molar-refractivity contribution in [2.24, 2.45) is 5.92 Å². The van der Waals surface area contributed by atoms with Crippen LogP contribution in [0, 0.1) is 17.6 Å². The first-order valence-corrected chi connectivity index (χ1v) is 10.3. The highest BCUT2D eigenvalue weighted by atomic mass is 19.1. The molecule has 7 heteroatoms. The number of carbonyl (C=O) groups excluding carboxylic acids is 2. The number of cyclic esters (lactones) is 1. The van der Waals surface area contributed by atoms with Crippen molar-refractivity contribution in [1.29, 1.82) is 0 Å². The summed E-state index contributed by atoms with van der Waals surface area (Å²) in [6, 6.07) is 12.3. The average Bonchev–Trinajstić information content (AvgIpc) is 3.03. The second kappa shape index (κ2) is 9.45. The summed E-state index contributed by atoms with van der Waals surface area (Å²) in [5, 5.41) is 2.83. The third-order valence-corrected chi connectivity index (χ3v) is 5.05. The van der Waals surface area contributed by atoms with Crippen molar-refractivity contribution in [3.05, 3.63) is 71.3 Å². The van der Waals surface area contributed by atoms with Crippen LogP contribution in [-0.2, 0) is 27.1 Å². The number of rotatable bonds is 6. The van der Waals surface area contributed by atoms with Gasteiger partial charge in [0.05, 0.1) is 12.0 Å². The van der Waals surface area contributed by atoms with Crippen molar-refractivity contribution in [1.82, 2.24) is 5.32 Å². The zero-order valence-electron chi connectivity index (χ0n) is 17.9. The lowest BCUT2D eigenvalue weighted by Crippen LogP contribution is -2.46. The van der Waals surface area contributed by atoms with Crippen LogP contribution in [0.2, 0.25) is 0 Å². The summed E-state index contributed by atoms with van der Waals surface area (Å²) in [6.07, 6.45) is -0.337. The second-order valence-electron chi connectivity index (χ2n) is 8.79. The molecule has 3 rings (SSSR count). The van der Waals surface area contributed by atoms with Crippen LogP contribution >= 0.6 is 0 Å². The predicted molar refractivity (Wildman–Crippen MR) is 111 cm³/mol. The lowest BCUT2D eigenvalue weighted by Gasteiger charge is -2.26. The van der Waals surface area contributed by atoms with Crippen molar-refractivity contribution in [2.45, 2.75) is 57.8 Å². The van der Waals surface area contributed by atoms with Gasteiger partial charge >= 0.3 is 12.1 Å². The summed E-state index contributed by atoms with van der Waals surface area (Å²) in [7, 11) is 0. The summed E-state index contributed by atoms with van der Waals surface area (Å²) < 4.78 is 38.1. The molecule has 31 heavy (non-hydrogen) atoms. The first-order valence-electron chi connectivity index (χ1n) is 10.3. The Morgan fingerprint density at radius 2 is 1.90 bits per heavy atom. The number of hydrogen-bond acceptors (Lipinski definition) is 4. The highest BCUT2D eigenvalue weighted by molar-refractivity contribution is 5.75. The quantitative estimate of drug-likeness (QED) is 0.681. The van der Waals surface area contributed by atoms with E-state index in [0.717, 1.165) is 11.6 Å². The van der Waals surface area contributed by atoms with E-state index in [-0.39, 0.29) is 12.0 Å². The third kappa shape index (κ3) is 6.51. The minimum Gasteiger partial charge on any atom is -0.460 e. The Morgan fingerprint density at radius 1 is 1.19 bits per heavy atom. The number of hydrogen-bond donors (Lipinski definition) is 1. The summed E-state index contributed by atoms with van der Waals surface area (Å²) in [5.41, 5.74) is 0.549. The van der Waals surface area contributed by atoms with Crippen LogP contribution < -0.4 is 5.32 Å². The van der Waals surface area contributed by atoms with E-state index in [1.54, 1.807) is 20.8 Å². The SMILES string of the molecule is CC(C)(C)OC(=O)N[C@@H](Cc1ccccc1)[C@@H]1C[C@@H](Cc2ccc(F)cc2F)C(=O)O1. The summed E-state index contributed by atoms with van der Waals surface area (Å²) >= 11 is 0. The molecule has 0 spiro atoms. The van der Waals surface area contributed by atoms with E-state index in [2.05, 4.69) is 5.32 Å². The van der Waals surface area contributed by atoms with Gasteiger partial charge in [-0.2, -0.15) is 0 Å². The van der Waals surface area contributed by atoms with Crippen LogP contribution in [0.4, 0.5) is 13.6 Å². The lowest BCUT2D eigenvalue weighted by molar-refractivity contribution is -0.145. The minimum atomic E-state index is -0.691.